The number of phenols is 2. The Morgan fingerprint density at radius 1 is 0.500 bits per heavy atom. The second-order valence-electron chi connectivity index (χ2n) is 14.2. The highest BCUT2D eigenvalue weighted by atomic mass is 32.2. The molecule has 0 atom stereocenters. The predicted molar refractivity (Wildman–Crippen MR) is 158 cm³/mol. The van der Waals surface area contributed by atoms with E-state index < -0.39 is 4.08 Å². The van der Waals surface area contributed by atoms with Gasteiger partial charge in [0.25, 0.3) is 0 Å². The lowest BCUT2D eigenvalue weighted by atomic mass is 9.79. The number of aliphatic hydroxyl groups excluding tert-OH is 1. The number of phenolic OH excluding ortho intramolecular Hbond substituents is 2. The molecule has 0 heterocycles. The van der Waals surface area contributed by atoms with Crippen molar-refractivity contribution in [3.63, 3.8) is 0 Å². The summed E-state index contributed by atoms with van der Waals surface area (Å²) < 4.78 is -0.567. The van der Waals surface area contributed by atoms with Crippen molar-refractivity contribution in [2.24, 2.45) is 0 Å². The number of hydrogen-bond donors (Lipinski definition) is 3. The number of aliphatic hydroxyl groups is 1. The fraction of sp³-hybridized carbons (Fsp3) is 0.613. The van der Waals surface area contributed by atoms with Gasteiger partial charge in [-0.05, 0) is 52.8 Å². The Balaban J connectivity index is 2.63. The Labute approximate surface area is 228 Å². The number of hydrogen-bond acceptors (Lipinski definition) is 5. The maximum atomic E-state index is 11.1. The van der Waals surface area contributed by atoms with Crippen molar-refractivity contribution in [1.82, 2.24) is 0 Å². The van der Waals surface area contributed by atoms with E-state index in [1.807, 2.05) is 0 Å². The summed E-state index contributed by atoms with van der Waals surface area (Å²) >= 11 is 3.25. The van der Waals surface area contributed by atoms with Crippen LogP contribution in [0.15, 0.2) is 34.1 Å². The fourth-order valence-corrected chi connectivity index (χ4v) is 6.78. The third-order valence-corrected chi connectivity index (χ3v) is 8.92. The normalized spacial score (nSPS) is 13.8. The van der Waals surface area contributed by atoms with E-state index in [0.717, 1.165) is 32.0 Å². The van der Waals surface area contributed by atoms with E-state index in [9.17, 15) is 15.3 Å². The molecule has 0 aromatic heterocycles. The van der Waals surface area contributed by atoms with Crippen molar-refractivity contribution in [3.05, 3.63) is 46.5 Å². The van der Waals surface area contributed by atoms with Crippen LogP contribution < -0.4 is 0 Å². The highest BCUT2D eigenvalue weighted by molar-refractivity contribution is 8.18. The number of thioether (sulfide) groups is 2. The van der Waals surface area contributed by atoms with Crippen LogP contribution in [0.25, 0.3) is 0 Å². The molecule has 202 valence electrons. The largest absolute Gasteiger partial charge is 0.507 e. The molecular weight excluding hydrogens is 484 g/mol. The smallest absolute Gasteiger partial charge is 0.123 e. The van der Waals surface area contributed by atoms with Crippen LogP contribution in [0.3, 0.4) is 0 Å². The minimum Gasteiger partial charge on any atom is -0.507 e. The van der Waals surface area contributed by atoms with Gasteiger partial charge in [-0.3, -0.25) is 0 Å². The zero-order valence-electron chi connectivity index (χ0n) is 24.7. The van der Waals surface area contributed by atoms with Crippen molar-refractivity contribution < 1.29 is 15.3 Å². The number of benzene rings is 2. The maximum Gasteiger partial charge on any atom is 0.123 e. The minimum absolute atomic E-state index is 0.0323. The van der Waals surface area contributed by atoms with E-state index in [1.54, 1.807) is 23.5 Å². The van der Waals surface area contributed by atoms with E-state index in [2.05, 4.69) is 114 Å². The van der Waals surface area contributed by atoms with E-state index in [-0.39, 0.29) is 28.3 Å². The van der Waals surface area contributed by atoms with Gasteiger partial charge in [-0.25, -0.2) is 0 Å². The Morgan fingerprint density at radius 2 is 0.722 bits per heavy atom. The molecule has 36 heavy (non-hydrogen) atoms. The minimum atomic E-state index is -0.567. The lowest BCUT2D eigenvalue weighted by molar-refractivity contribution is 0.290. The molecule has 0 fully saturated rings. The first-order valence-electron chi connectivity index (χ1n) is 12.7. The zero-order chi connectivity index (χ0) is 28.1. The summed E-state index contributed by atoms with van der Waals surface area (Å²) in [4.78, 5) is 2.05. The summed E-state index contributed by atoms with van der Waals surface area (Å²) in [5.41, 5.74) is 2.78. The molecule has 2 aromatic rings. The van der Waals surface area contributed by atoms with Gasteiger partial charge in [-0.2, -0.15) is 0 Å². The first-order valence-corrected chi connectivity index (χ1v) is 14.4. The first kappa shape index (κ1) is 30.9. The average molecular weight is 533 g/mol. The molecule has 0 bridgehead atoms. The van der Waals surface area contributed by atoms with Gasteiger partial charge in [0.05, 0.1) is 10.7 Å². The van der Waals surface area contributed by atoms with Crippen molar-refractivity contribution in [3.8, 4) is 11.5 Å². The van der Waals surface area contributed by atoms with Gasteiger partial charge in [-0.15, -0.1) is 23.5 Å². The Hall–Kier alpha value is -1.30. The van der Waals surface area contributed by atoms with Crippen LogP contribution in [0.2, 0.25) is 0 Å². The van der Waals surface area contributed by atoms with Crippen LogP contribution in [0.5, 0.6) is 11.5 Å². The molecule has 0 aliphatic carbocycles. The van der Waals surface area contributed by atoms with Gasteiger partial charge in [-0.1, -0.05) is 83.1 Å². The van der Waals surface area contributed by atoms with Crippen LogP contribution in [-0.2, 0) is 21.7 Å². The highest BCUT2D eigenvalue weighted by Gasteiger charge is 2.33. The van der Waals surface area contributed by atoms with Crippen LogP contribution >= 0.6 is 23.5 Å². The molecule has 0 aliphatic rings. The van der Waals surface area contributed by atoms with Crippen molar-refractivity contribution in [2.75, 3.05) is 6.61 Å². The molecular formula is C31H48O3S2. The second-order valence-corrected chi connectivity index (χ2v) is 17.6. The average Bonchev–Trinajstić information content (AvgIpc) is 2.67. The van der Waals surface area contributed by atoms with Crippen LogP contribution in [-0.4, -0.2) is 26.0 Å². The van der Waals surface area contributed by atoms with Gasteiger partial charge in [0, 0.05) is 32.0 Å². The molecule has 3 N–H and O–H groups in total. The fourth-order valence-electron chi connectivity index (χ4n) is 4.20. The molecule has 0 saturated carbocycles. The predicted octanol–water partition coefficient (Wildman–Crippen LogP) is 8.88. The lowest BCUT2D eigenvalue weighted by Crippen LogP contribution is -2.22. The van der Waals surface area contributed by atoms with Gasteiger partial charge in [0.2, 0.25) is 0 Å². The molecule has 3 nitrogen and oxygen atoms in total. The van der Waals surface area contributed by atoms with Crippen molar-refractivity contribution in [1.29, 1.82) is 0 Å². The number of aromatic hydroxyl groups is 2. The van der Waals surface area contributed by atoms with E-state index in [1.165, 1.54) is 0 Å². The third kappa shape index (κ3) is 7.17. The molecule has 0 unspecified atom stereocenters. The molecule has 0 radical (unpaired) electrons. The second kappa shape index (κ2) is 10.1. The standard InChI is InChI=1S/C31H48O3S2/c1-27(2,3)21-14-19(15-22(25(21)33)28(4,5)6)35-31(13,18-32)36-20-16-23(29(7,8)9)26(34)24(17-20)30(10,11)12/h14-17,32-34H,18H2,1-13H3. The summed E-state index contributed by atoms with van der Waals surface area (Å²) in [6.07, 6.45) is 0. The summed E-state index contributed by atoms with van der Waals surface area (Å²) in [6, 6.07) is 8.28. The Bertz CT molecular complexity index is 937. The molecule has 0 spiro atoms. The maximum absolute atomic E-state index is 11.1. The summed E-state index contributed by atoms with van der Waals surface area (Å²) in [7, 11) is 0. The summed E-state index contributed by atoms with van der Waals surface area (Å²) in [5.74, 6) is 0.724. The topological polar surface area (TPSA) is 60.7 Å². The summed E-state index contributed by atoms with van der Waals surface area (Å²) in [6.45, 7) is 27.4. The van der Waals surface area contributed by atoms with Gasteiger partial charge >= 0.3 is 0 Å². The zero-order valence-corrected chi connectivity index (χ0v) is 26.3. The molecule has 2 aromatic carbocycles. The number of rotatable bonds is 5. The molecule has 5 heteroatoms. The van der Waals surface area contributed by atoms with Gasteiger partial charge in [0.15, 0.2) is 0 Å². The third-order valence-electron chi connectivity index (χ3n) is 6.35. The molecule has 0 amide bonds. The van der Waals surface area contributed by atoms with Crippen LogP contribution in [0.4, 0.5) is 0 Å². The Morgan fingerprint density at radius 3 is 0.889 bits per heavy atom. The lowest BCUT2D eigenvalue weighted by Gasteiger charge is -2.32. The quantitative estimate of drug-likeness (QED) is 0.265. The van der Waals surface area contributed by atoms with Crippen molar-refractivity contribution in [2.45, 2.75) is 126 Å². The van der Waals surface area contributed by atoms with Gasteiger partial charge in [0.1, 0.15) is 11.5 Å². The SMILES string of the molecule is CC(CO)(Sc1cc(C(C)(C)C)c(O)c(C(C)(C)C)c1)Sc1cc(C(C)(C)C)c(O)c(C(C)(C)C)c1. The first-order chi connectivity index (χ1) is 16.0. The molecule has 0 aliphatic heterocycles. The molecule has 0 saturated heterocycles. The Kier molecular flexibility index (Phi) is 8.68. The van der Waals surface area contributed by atoms with E-state index >= 15 is 0 Å². The van der Waals surface area contributed by atoms with Gasteiger partial charge < -0.3 is 15.3 Å². The molecule has 2 rings (SSSR count). The van der Waals surface area contributed by atoms with E-state index in [0.29, 0.717) is 11.5 Å². The van der Waals surface area contributed by atoms with Crippen LogP contribution in [0, 0.1) is 0 Å². The monoisotopic (exact) mass is 532 g/mol. The van der Waals surface area contributed by atoms with E-state index in [4.69, 9.17) is 0 Å². The summed E-state index contributed by atoms with van der Waals surface area (Å²) in [5, 5.41) is 32.8. The van der Waals surface area contributed by atoms with Crippen molar-refractivity contribution >= 4 is 23.5 Å². The van der Waals surface area contributed by atoms with Crippen LogP contribution in [0.1, 0.15) is 112 Å². The highest BCUT2D eigenvalue weighted by Crippen LogP contribution is 2.51.